The van der Waals surface area contributed by atoms with E-state index in [9.17, 15) is 17.6 Å². The summed E-state index contributed by atoms with van der Waals surface area (Å²) in [4.78, 5) is 0. The van der Waals surface area contributed by atoms with Crippen LogP contribution in [-0.2, 0) is 12.5 Å². The predicted molar refractivity (Wildman–Crippen MR) is 124 cm³/mol. The first-order chi connectivity index (χ1) is 16.3. The normalized spacial score (nSPS) is 11.5. The highest BCUT2D eigenvalue weighted by molar-refractivity contribution is 5.38. The van der Waals surface area contributed by atoms with Gasteiger partial charge in [-0.25, -0.2) is 8.78 Å². The zero-order valence-electron chi connectivity index (χ0n) is 19.5. The average Bonchev–Trinajstić information content (AvgIpc) is 2.80. The van der Waals surface area contributed by atoms with Gasteiger partial charge < -0.3 is 9.47 Å². The highest BCUT2D eigenvalue weighted by Gasteiger charge is 2.42. The molecule has 2 nitrogen and oxygen atoms in total. The van der Waals surface area contributed by atoms with E-state index in [1.165, 1.54) is 37.8 Å². The van der Waals surface area contributed by atoms with E-state index in [1.807, 2.05) is 6.92 Å². The first kappa shape index (κ1) is 25.6. The van der Waals surface area contributed by atoms with Gasteiger partial charge in [0.05, 0.1) is 0 Å². The van der Waals surface area contributed by atoms with Gasteiger partial charge in [0.25, 0.3) is 0 Å². The molecule has 0 aromatic heterocycles. The Morgan fingerprint density at radius 1 is 0.824 bits per heavy atom. The van der Waals surface area contributed by atoms with Crippen LogP contribution in [0.3, 0.4) is 0 Å². The van der Waals surface area contributed by atoms with Crippen LogP contribution in [0.4, 0.5) is 17.6 Å². The summed E-state index contributed by atoms with van der Waals surface area (Å²) in [5, 5.41) is 0. The highest BCUT2D eigenvalue weighted by atomic mass is 19.3. The molecule has 6 heteroatoms. The lowest BCUT2D eigenvalue weighted by Gasteiger charge is -2.20. The summed E-state index contributed by atoms with van der Waals surface area (Å²) in [5.41, 5.74) is 0.408. The Kier molecular flexibility index (Phi) is 8.97. The zero-order chi connectivity index (χ0) is 24.6. The van der Waals surface area contributed by atoms with Crippen molar-refractivity contribution in [1.82, 2.24) is 0 Å². The Morgan fingerprint density at radius 3 is 2.12 bits per heavy atom. The number of hydrogen-bond acceptors (Lipinski definition) is 2. The molecule has 34 heavy (non-hydrogen) atoms. The van der Waals surface area contributed by atoms with E-state index >= 15 is 0 Å². The van der Waals surface area contributed by atoms with Gasteiger partial charge in [-0.2, -0.15) is 8.78 Å². The summed E-state index contributed by atoms with van der Waals surface area (Å²) in [6.45, 7) is 4.02. The molecule has 0 aliphatic heterocycles. The standard InChI is InChI=1S/C28H29F4O2/c1-3-4-5-6-7-8-9-21-12-16-23(17-13-21)34-28(31,32)26-24(29)18-19-25(27(26)30)33-22-14-10-20(2)11-15-22/h10-18H,3-9H2,1-2H3. The van der Waals surface area contributed by atoms with Gasteiger partial charge in [0.1, 0.15) is 22.9 Å². The van der Waals surface area contributed by atoms with Crippen molar-refractivity contribution >= 4 is 0 Å². The lowest BCUT2D eigenvalue weighted by molar-refractivity contribution is -0.189. The third kappa shape index (κ3) is 6.99. The smallest absolute Gasteiger partial charge is 0.432 e. The third-order valence-corrected chi connectivity index (χ3v) is 5.51. The lowest BCUT2D eigenvalue weighted by atomic mass is 10.0. The van der Waals surface area contributed by atoms with Gasteiger partial charge >= 0.3 is 6.11 Å². The number of halogens is 4. The predicted octanol–water partition coefficient (Wildman–Crippen LogP) is 8.90. The first-order valence-electron chi connectivity index (χ1n) is 11.6. The topological polar surface area (TPSA) is 18.5 Å². The van der Waals surface area contributed by atoms with Crippen molar-refractivity contribution < 1.29 is 27.0 Å². The molecule has 0 heterocycles. The van der Waals surface area contributed by atoms with E-state index in [2.05, 4.69) is 13.0 Å². The summed E-state index contributed by atoms with van der Waals surface area (Å²) in [5.74, 6) is -3.66. The van der Waals surface area contributed by atoms with Crippen LogP contribution in [0.5, 0.6) is 17.2 Å². The quantitative estimate of drug-likeness (QED) is 0.193. The largest absolute Gasteiger partial charge is 0.454 e. The van der Waals surface area contributed by atoms with Crippen molar-refractivity contribution in [2.75, 3.05) is 0 Å². The Morgan fingerprint density at radius 2 is 1.44 bits per heavy atom. The fraction of sp³-hybridized carbons (Fsp3) is 0.357. The highest BCUT2D eigenvalue weighted by Crippen LogP contribution is 2.38. The van der Waals surface area contributed by atoms with E-state index in [4.69, 9.17) is 9.47 Å². The van der Waals surface area contributed by atoms with Gasteiger partial charge in [0, 0.05) is 6.07 Å². The Labute approximate surface area is 198 Å². The van der Waals surface area contributed by atoms with Crippen molar-refractivity contribution in [3.05, 3.63) is 89.0 Å². The Bertz CT molecular complexity index is 1050. The van der Waals surface area contributed by atoms with E-state index in [-0.39, 0.29) is 11.5 Å². The third-order valence-electron chi connectivity index (χ3n) is 5.51. The number of hydrogen-bond donors (Lipinski definition) is 0. The van der Waals surface area contributed by atoms with Crippen molar-refractivity contribution in [3.63, 3.8) is 0 Å². The SMILES string of the molecule is CCCCCCCCc1ccc(OC(F)(F)c2c(F)c[c]c(Oc3ccc(C)cc3)c2F)cc1. The molecular formula is C28H29F4O2. The summed E-state index contributed by atoms with van der Waals surface area (Å²) in [6.07, 6.45) is 3.55. The molecular weight excluding hydrogens is 444 g/mol. The van der Waals surface area contributed by atoms with Crippen LogP contribution in [0.1, 0.15) is 62.1 Å². The van der Waals surface area contributed by atoms with Crippen LogP contribution in [0.2, 0.25) is 0 Å². The molecule has 0 N–H and O–H groups in total. The number of alkyl halides is 2. The van der Waals surface area contributed by atoms with E-state index in [1.54, 1.807) is 36.4 Å². The molecule has 0 unspecified atom stereocenters. The Hall–Kier alpha value is -3.02. The van der Waals surface area contributed by atoms with E-state index < -0.39 is 29.1 Å². The van der Waals surface area contributed by atoms with Crippen LogP contribution in [0.15, 0.2) is 54.6 Å². The zero-order valence-corrected chi connectivity index (χ0v) is 19.5. The van der Waals surface area contributed by atoms with Crippen LogP contribution in [0.25, 0.3) is 0 Å². The van der Waals surface area contributed by atoms with Gasteiger partial charge in [0.2, 0.25) is 0 Å². The number of ether oxygens (including phenoxy) is 2. The number of unbranched alkanes of at least 4 members (excludes halogenated alkanes) is 5. The maximum absolute atomic E-state index is 14.9. The number of rotatable bonds is 12. The molecule has 0 bridgehead atoms. The van der Waals surface area contributed by atoms with Gasteiger partial charge in [0.15, 0.2) is 11.6 Å². The van der Waals surface area contributed by atoms with Gasteiger partial charge in [-0.3, -0.25) is 0 Å². The molecule has 0 saturated carbocycles. The molecule has 3 aromatic rings. The monoisotopic (exact) mass is 473 g/mol. The Balaban J connectivity index is 1.67. The molecule has 0 saturated heterocycles. The van der Waals surface area contributed by atoms with Crippen LogP contribution < -0.4 is 9.47 Å². The second kappa shape index (κ2) is 11.9. The molecule has 0 spiro atoms. The van der Waals surface area contributed by atoms with Crippen molar-refractivity contribution in [1.29, 1.82) is 0 Å². The summed E-state index contributed by atoms with van der Waals surface area (Å²) >= 11 is 0. The van der Waals surface area contributed by atoms with E-state index in [0.717, 1.165) is 30.4 Å². The molecule has 3 rings (SSSR count). The molecule has 0 amide bonds. The molecule has 0 aliphatic rings. The number of benzene rings is 3. The van der Waals surface area contributed by atoms with Crippen molar-refractivity contribution in [3.8, 4) is 17.2 Å². The minimum atomic E-state index is -4.25. The van der Waals surface area contributed by atoms with Crippen LogP contribution in [-0.4, -0.2) is 0 Å². The van der Waals surface area contributed by atoms with Crippen molar-refractivity contribution in [2.45, 2.75) is 64.9 Å². The molecule has 0 atom stereocenters. The average molecular weight is 474 g/mol. The number of aryl methyl sites for hydroxylation is 2. The van der Waals surface area contributed by atoms with Crippen LogP contribution in [0, 0.1) is 24.6 Å². The molecule has 181 valence electrons. The minimum absolute atomic E-state index is 0.190. The summed E-state index contributed by atoms with van der Waals surface area (Å²) < 4.78 is 68.7. The maximum atomic E-state index is 14.9. The van der Waals surface area contributed by atoms with Gasteiger partial charge in [-0.05, 0) is 55.7 Å². The summed E-state index contributed by atoms with van der Waals surface area (Å²) in [7, 11) is 0. The van der Waals surface area contributed by atoms with Crippen molar-refractivity contribution in [2.24, 2.45) is 0 Å². The molecule has 3 aromatic carbocycles. The van der Waals surface area contributed by atoms with E-state index in [0.29, 0.717) is 6.07 Å². The van der Waals surface area contributed by atoms with Crippen LogP contribution >= 0.6 is 0 Å². The minimum Gasteiger partial charge on any atom is -0.454 e. The second-order valence-electron chi connectivity index (χ2n) is 8.35. The molecule has 0 aliphatic carbocycles. The molecule has 1 radical (unpaired) electrons. The van der Waals surface area contributed by atoms with Gasteiger partial charge in [-0.1, -0.05) is 68.9 Å². The molecule has 0 fully saturated rings. The summed E-state index contributed by atoms with van der Waals surface area (Å²) in [6, 6.07) is 15.5. The second-order valence-corrected chi connectivity index (χ2v) is 8.35. The van der Waals surface area contributed by atoms with Gasteiger partial charge in [-0.15, -0.1) is 0 Å². The fourth-order valence-corrected chi connectivity index (χ4v) is 3.58. The maximum Gasteiger partial charge on any atom is 0.432 e. The first-order valence-corrected chi connectivity index (χ1v) is 11.6. The fourth-order valence-electron chi connectivity index (χ4n) is 3.58. The lowest BCUT2D eigenvalue weighted by Crippen LogP contribution is -2.25.